The highest BCUT2D eigenvalue weighted by Gasteiger charge is 2.19. The van der Waals surface area contributed by atoms with E-state index in [4.69, 9.17) is 9.47 Å². The monoisotopic (exact) mass is 233 g/mol. The van der Waals surface area contributed by atoms with E-state index < -0.39 is 0 Å². The van der Waals surface area contributed by atoms with Crippen molar-refractivity contribution in [3.05, 3.63) is 41.7 Å². The second-order valence-corrected chi connectivity index (χ2v) is 3.97. The topological polar surface area (TPSA) is 30.5 Å². The fraction of sp³-hybridized carbons (Fsp3) is 0.429. The zero-order chi connectivity index (χ0) is 12.1. The number of ether oxygens (including phenoxy) is 2. The predicted octanol–water partition coefficient (Wildman–Crippen LogP) is 2.65. The number of nitrogens with one attached hydrogen (secondary N) is 1. The first-order valence-electron chi connectivity index (χ1n) is 6.08. The SMILES string of the molecule is CCOc1cccc(C(NC)C2=CCCO2)c1. The summed E-state index contributed by atoms with van der Waals surface area (Å²) in [5.74, 6) is 1.92. The second kappa shape index (κ2) is 5.73. The number of hydrogen-bond acceptors (Lipinski definition) is 3. The van der Waals surface area contributed by atoms with E-state index in [9.17, 15) is 0 Å². The lowest BCUT2D eigenvalue weighted by atomic mass is 10.0. The van der Waals surface area contributed by atoms with Crippen molar-refractivity contribution in [3.63, 3.8) is 0 Å². The van der Waals surface area contributed by atoms with Crippen molar-refractivity contribution in [3.8, 4) is 5.75 Å². The summed E-state index contributed by atoms with van der Waals surface area (Å²) in [7, 11) is 1.94. The van der Waals surface area contributed by atoms with Gasteiger partial charge in [0, 0.05) is 6.42 Å². The fourth-order valence-corrected chi connectivity index (χ4v) is 2.06. The number of hydrogen-bond donors (Lipinski definition) is 1. The van der Waals surface area contributed by atoms with E-state index in [0.717, 1.165) is 24.5 Å². The van der Waals surface area contributed by atoms with Gasteiger partial charge in [-0.3, -0.25) is 0 Å². The molecule has 2 rings (SSSR count). The number of benzene rings is 1. The molecule has 0 fully saturated rings. The molecule has 1 atom stereocenters. The van der Waals surface area contributed by atoms with E-state index in [1.165, 1.54) is 5.56 Å². The Labute approximate surface area is 102 Å². The summed E-state index contributed by atoms with van der Waals surface area (Å²) in [6.07, 6.45) is 3.15. The van der Waals surface area contributed by atoms with Crippen LogP contribution in [0.3, 0.4) is 0 Å². The largest absolute Gasteiger partial charge is 0.496 e. The molecule has 0 radical (unpaired) electrons. The van der Waals surface area contributed by atoms with Gasteiger partial charge in [-0.25, -0.2) is 0 Å². The van der Waals surface area contributed by atoms with Gasteiger partial charge >= 0.3 is 0 Å². The third-order valence-electron chi connectivity index (χ3n) is 2.81. The average Bonchev–Trinajstić information content (AvgIpc) is 2.85. The first-order valence-corrected chi connectivity index (χ1v) is 6.08. The molecule has 1 aliphatic rings. The minimum absolute atomic E-state index is 0.123. The van der Waals surface area contributed by atoms with Gasteiger partial charge in [0.25, 0.3) is 0 Å². The van der Waals surface area contributed by atoms with Crippen LogP contribution in [0.4, 0.5) is 0 Å². The lowest BCUT2D eigenvalue weighted by molar-refractivity contribution is 0.218. The van der Waals surface area contributed by atoms with E-state index in [-0.39, 0.29) is 6.04 Å². The van der Waals surface area contributed by atoms with Crippen LogP contribution in [-0.2, 0) is 4.74 Å². The maximum Gasteiger partial charge on any atom is 0.119 e. The lowest BCUT2D eigenvalue weighted by Gasteiger charge is -2.18. The molecule has 1 unspecified atom stereocenters. The molecule has 0 aliphatic carbocycles. The molecule has 1 aromatic carbocycles. The molecule has 0 bridgehead atoms. The molecule has 1 aromatic rings. The van der Waals surface area contributed by atoms with E-state index >= 15 is 0 Å². The van der Waals surface area contributed by atoms with Crippen molar-refractivity contribution in [2.24, 2.45) is 0 Å². The van der Waals surface area contributed by atoms with Crippen LogP contribution in [0.15, 0.2) is 36.1 Å². The van der Waals surface area contributed by atoms with Gasteiger partial charge in [-0.2, -0.15) is 0 Å². The lowest BCUT2D eigenvalue weighted by Crippen LogP contribution is -2.19. The molecule has 92 valence electrons. The van der Waals surface area contributed by atoms with Crippen LogP contribution < -0.4 is 10.1 Å². The molecule has 3 heteroatoms. The van der Waals surface area contributed by atoms with Gasteiger partial charge in [-0.15, -0.1) is 0 Å². The highest BCUT2D eigenvalue weighted by Crippen LogP contribution is 2.28. The number of likely N-dealkylation sites (N-methyl/N-ethyl adjacent to an activating group) is 1. The first kappa shape index (κ1) is 12.0. The minimum atomic E-state index is 0.123. The molecule has 0 spiro atoms. The molecule has 0 saturated heterocycles. The van der Waals surface area contributed by atoms with E-state index in [0.29, 0.717) is 6.61 Å². The third kappa shape index (κ3) is 2.80. The summed E-state index contributed by atoms with van der Waals surface area (Å²) >= 11 is 0. The Morgan fingerprint density at radius 2 is 2.35 bits per heavy atom. The number of rotatable bonds is 5. The Bertz CT molecular complexity index is 401. The van der Waals surface area contributed by atoms with Crippen LogP contribution >= 0.6 is 0 Å². The Hall–Kier alpha value is -1.48. The third-order valence-corrected chi connectivity index (χ3v) is 2.81. The molecule has 1 aliphatic heterocycles. The zero-order valence-corrected chi connectivity index (χ0v) is 10.4. The maximum absolute atomic E-state index is 5.62. The summed E-state index contributed by atoms with van der Waals surface area (Å²) in [5.41, 5.74) is 1.17. The van der Waals surface area contributed by atoms with Crippen LogP contribution in [0.2, 0.25) is 0 Å². The van der Waals surface area contributed by atoms with Gasteiger partial charge in [0.1, 0.15) is 11.5 Å². The van der Waals surface area contributed by atoms with Crippen LogP contribution in [0.5, 0.6) is 5.75 Å². The van der Waals surface area contributed by atoms with Crippen molar-refractivity contribution in [1.29, 1.82) is 0 Å². The highest BCUT2D eigenvalue weighted by molar-refractivity contribution is 5.34. The first-order chi connectivity index (χ1) is 8.35. The van der Waals surface area contributed by atoms with E-state index in [1.54, 1.807) is 0 Å². The summed E-state index contributed by atoms with van der Waals surface area (Å²) in [6.45, 7) is 3.47. The Balaban J connectivity index is 2.21. The van der Waals surface area contributed by atoms with Crippen LogP contribution in [0, 0.1) is 0 Å². The normalized spacial score (nSPS) is 16.2. The van der Waals surface area contributed by atoms with Crippen molar-refractivity contribution < 1.29 is 9.47 Å². The van der Waals surface area contributed by atoms with Crippen LogP contribution in [-0.4, -0.2) is 20.3 Å². The quantitative estimate of drug-likeness (QED) is 0.848. The van der Waals surface area contributed by atoms with Gasteiger partial charge < -0.3 is 14.8 Å². The summed E-state index contributed by atoms with van der Waals surface area (Å²) < 4.78 is 11.1. The summed E-state index contributed by atoms with van der Waals surface area (Å²) in [5, 5.41) is 3.28. The average molecular weight is 233 g/mol. The molecule has 0 saturated carbocycles. The van der Waals surface area contributed by atoms with Gasteiger partial charge in [-0.05, 0) is 37.7 Å². The van der Waals surface area contributed by atoms with Crippen molar-refractivity contribution in [2.45, 2.75) is 19.4 Å². The fourth-order valence-electron chi connectivity index (χ4n) is 2.06. The Morgan fingerprint density at radius 1 is 1.47 bits per heavy atom. The predicted molar refractivity (Wildman–Crippen MR) is 68.1 cm³/mol. The van der Waals surface area contributed by atoms with Crippen molar-refractivity contribution in [1.82, 2.24) is 5.32 Å². The second-order valence-electron chi connectivity index (χ2n) is 3.97. The highest BCUT2D eigenvalue weighted by atomic mass is 16.5. The molecule has 1 N–H and O–H groups in total. The van der Waals surface area contributed by atoms with Gasteiger partial charge in [-0.1, -0.05) is 12.1 Å². The van der Waals surface area contributed by atoms with E-state index in [1.807, 2.05) is 26.1 Å². The maximum atomic E-state index is 5.62. The molecular weight excluding hydrogens is 214 g/mol. The van der Waals surface area contributed by atoms with Gasteiger partial charge in [0.05, 0.1) is 19.3 Å². The Kier molecular flexibility index (Phi) is 4.04. The summed E-state index contributed by atoms with van der Waals surface area (Å²) in [6, 6.07) is 8.27. The van der Waals surface area contributed by atoms with E-state index in [2.05, 4.69) is 23.5 Å². The van der Waals surface area contributed by atoms with Crippen molar-refractivity contribution >= 4 is 0 Å². The Morgan fingerprint density at radius 3 is 3.00 bits per heavy atom. The van der Waals surface area contributed by atoms with Crippen LogP contribution in [0.25, 0.3) is 0 Å². The zero-order valence-electron chi connectivity index (χ0n) is 10.4. The van der Waals surface area contributed by atoms with Gasteiger partial charge in [0.2, 0.25) is 0 Å². The molecule has 3 nitrogen and oxygen atoms in total. The molecule has 0 aromatic heterocycles. The standard InChI is InChI=1S/C14H19NO2/c1-3-16-12-7-4-6-11(10-12)14(15-2)13-8-5-9-17-13/h4,6-8,10,14-15H,3,5,9H2,1-2H3. The smallest absolute Gasteiger partial charge is 0.119 e. The minimum Gasteiger partial charge on any atom is -0.496 e. The summed E-state index contributed by atoms with van der Waals surface area (Å²) in [4.78, 5) is 0. The molecular formula is C14H19NO2. The van der Waals surface area contributed by atoms with Crippen LogP contribution in [0.1, 0.15) is 24.9 Å². The van der Waals surface area contributed by atoms with Gasteiger partial charge in [0.15, 0.2) is 0 Å². The molecule has 0 amide bonds. The molecule has 17 heavy (non-hydrogen) atoms. The molecule has 1 heterocycles. The van der Waals surface area contributed by atoms with Crippen molar-refractivity contribution in [2.75, 3.05) is 20.3 Å².